The quantitative estimate of drug-likeness (QED) is 0.567. The topological polar surface area (TPSA) is 77.0 Å². The van der Waals surface area contributed by atoms with Crippen molar-refractivity contribution < 1.29 is 4.42 Å². The van der Waals surface area contributed by atoms with Crippen LogP contribution >= 0.6 is 0 Å². The third-order valence-corrected chi connectivity index (χ3v) is 3.57. The fourth-order valence-corrected chi connectivity index (χ4v) is 2.65. The number of nitrogens with one attached hydrogen (secondary N) is 1. The summed E-state index contributed by atoms with van der Waals surface area (Å²) in [7, 11) is 0. The van der Waals surface area contributed by atoms with Crippen molar-refractivity contribution in [1.29, 1.82) is 0 Å². The average Bonchev–Trinajstić information content (AvgIpc) is 2.89. The zero-order chi connectivity index (χ0) is 15.0. The number of fused-ring (bicyclic) bond motifs is 1. The van der Waals surface area contributed by atoms with Gasteiger partial charge in [-0.2, -0.15) is 0 Å². The van der Waals surface area contributed by atoms with E-state index in [2.05, 4.69) is 29.2 Å². The number of hydrogen-bond donors (Lipinski definition) is 2. The monoisotopic (exact) mass is 282 g/mol. The first-order valence-electron chi connectivity index (χ1n) is 6.93. The molecule has 0 unspecified atom stereocenters. The van der Waals surface area contributed by atoms with Crippen LogP contribution in [0.15, 0.2) is 34.9 Å². The predicted octanol–water partition coefficient (Wildman–Crippen LogP) is 3.61. The Kier molecular flexibility index (Phi) is 3.35. The number of hydrogen-bond acceptors (Lipinski definition) is 5. The molecule has 108 valence electrons. The molecular weight excluding hydrogens is 264 g/mol. The highest BCUT2D eigenvalue weighted by Gasteiger charge is 2.17. The molecule has 3 rings (SSSR count). The van der Waals surface area contributed by atoms with Gasteiger partial charge in [0.1, 0.15) is 17.7 Å². The van der Waals surface area contributed by atoms with Crippen LogP contribution in [0.5, 0.6) is 0 Å². The Labute approximate surface area is 123 Å². The smallest absolute Gasteiger partial charge is 0.165 e. The summed E-state index contributed by atoms with van der Waals surface area (Å²) in [6, 6.07) is 7.84. The maximum Gasteiger partial charge on any atom is 0.165 e. The highest BCUT2D eigenvalue weighted by molar-refractivity contribution is 5.92. The zero-order valence-corrected chi connectivity index (χ0v) is 12.3. The summed E-state index contributed by atoms with van der Waals surface area (Å²) in [5.74, 6) is 7.21. The molecule has 0 atom stereocenters. The van der Waals surface area contributed by atoms with Gasteiger partial charge < -0.3 is 9.84 Å². The summed E-state index contributed by atoms with van der Waals surface area (Å²) in [6.45, 7) is 6.17. The zero-order valence-electron chi connectivity index (χ0n) is 12.3. The van der Waals surface area contributed by atoms with Crippen molar-refractivity contribution in [3.05, 3.63) is 41.8 Å². The van der Waals surface area contributed by atoms with Gasteiger partial charge in [0.2, 0.25) is 0 Å². The summed E-state index contributed by atoms with van der Waals surface area (Å²) >= 11 is 0. The van der Waals surface area contributed by atoms with Gasteiger partial charge in [-0.05, 0) is 18.9 Å². The number of aromatic nitrogens is 2. The Morgan fingerprint density at radius 2 is 1.95 bits per heavy atom. The molecule has 2 aromatic heterocycles. The largest absolute Gasteiger partial charge is 0.464 e. The maximum absolute atomic E-state index is 5.63. The minimum Gasteiger partial charge on any atom is -0.464 e. The van der Waals surface area contributed by atoms with E-state index in [-0.39, 0.29) is 0 Å². The number of aryl methyl sites for hydroxylation is 1. The molecular formula is C16H18N4O. The fourth-order valence-electron chi connectivity index (χ4n) is 2.65. The molecule has 3 N–H and O–H groups in total. The van der Waals surface area contributed by atoms with Gasteiger partial charge in [0.05, 0.1) is 5.56 Å². The third-order valence-electron chi connectivity index (χ3n) is 3.57. The SMILES string of the molecule is Cc1nc(-c2coc3ccccc23)nc(NN)c1C(C)C. The Bertz CT molecular complexity index is 792. The Morgan fingerprint density at radius 1 is 1.19 bits per heavy atom. The standard InChI is InChI=1S/C16H18N4O/c1-9(2)14-10(3)18-15(19-16(14)20-17)12-8-21-13-7-5-4-6-11(12)13/h4-9H,17H2,1-3H3,(H,18,19,20). The van der Waals surface area contributed by atoms with Crippen LogP contribution in [0.4, 0.5) is 5.82 Å². The molecule has 21 heavy (non-hydrogen) atoms. The van der Waals surface area contributed by atoms with Crippen molar-refractivity contribution in [3.8, 4) is 11.4 Å². The number of nitrogens with zero attached hydrogens (tertiary/aromatic N) is 2. The number of para-hydroxylation sites is 1. The molecule has 0 aliphatic carbocycles. The van der Waals surface area contributed by atoms with Gasteiger partial charge in [0, 0.05) is 16.6 Å². The lowest BCUT2D eigenvalue weighted by Gasteiger charge is -2.15. The predicted molar refractivity (Wildman–Crippen MR) is 83.9 cm³/mol. The van der Waals surface area contributed by atoms with Crippen LogP contribution < -0.4 is 11.3 Å². The van der Waals surface area contributed by atoms with E-state index in [4.69, 9.17) is 10.3 Å². The lowest BCUT2D eigenvalue weighted by Crippen LogP contribution is -2.14. The molecule has 0 amide bonds. The van der Waals surface area contributed by atoms with Crippen molar-refractivity contribution in [1.82, 2.24) is 9.97 Å². The maximum atomic E-state index is 5.63. The highest BCUT2D eigenvalue weighted by Crippen LogP contribution is 2.32. The van der Waals surface area contributed by atoms with Crippen molar-refractivity contribution in [2.24, 2.45) is 5.84 Å². The molecule has 0 fully saturated rings. The molecule has 0 aliphatic heterocycles. The highest BCUT2D eigenvalue weighted by atomic mass is 16.3. The summed E-state index contributed by atoms with van der Waals surface area (Å²) in [5, 5.41) is 0.997. The molecule has 1 aromatic carbocycles. The lowest BCUT2D eigenvalue weighted by atomic mass is 10.0. The van der Waals surface area contributed by atoms with Crippen LogP contribution in [-0.4, -0.2) is 9.97 Å². The van der Waals surface area contributed by atoms with Crippen molar-refractivity contribution in [2.45, 2.75) is 26.7 Å². The first-order chi connectivity index (χ1) is 10.1. The van der Waals surface area contributed by atoms with E-state index in [9.17, 15) is 0 Å². The van der Waals surface area contributed by atoms with Gasteiger partial charge in [0.25, 0.3) is 0 Å². The molecule has 0 spiro atoms. The van der Waals surface area contributed by atoms with Crippen molar-refractivity contribution in [3.63, 3.8) is 0 Å². The number of benzene rings is 1. The number of nitrogens with two attached hydrogens (primary N) is 1. The number of hydrazine groups is 1. The molecule has 2 heterocycles. The van der Waals surface area contributed by atoms with Gasteiger partial charge >= 0.3 is 0 Å². The second kappa shape index (κ2) is 5.18. The van der Waals surface area contributed by atoms with Crippen LogP contribution in [0, 0.1) is 6.92 Å². The Hall–Kier alpha value is -2.40. The summed E-state index contributed by atoms with van der Waals surface area (Å²) in [4.78, 5) is 9.19. The number of rotatable bonds is 3. The van der Waals surface area contributed by atoms with E-state index in [1.54, 1.807) is 6.26 Å². The lowest BCUT2D eigenvalue weighted by molar-refractivity contribution is 0.616. The molecule has 5 heteroatoms. The third kappa shape index (κ3) is 2.25. The molecule has 0 aliphatic rings. The summed E-state index contributed by atoms with van der Waals surface area (Å²) in [5.41, 5.74) is 6.35. The van der Waals surface area contributed by atoms with E-state index in [1.165, 1.54) is 0 Å². The molecule has 0 bridgehead atoms. The van der Waals surface area contributed by atoms with Gasteiger partial charge in [-0.3, -0.25) is 0 Å². The summed E-state index contributed by atoms with van der Waals surface area (Å²) < 4.78 is 5.56. The number of nitrogen functional groups attached to an aromatic ring is 1. The molecule has 0 saturated heterocycles. The molecule has 5 nitrogen and oxygen atoms in total. The number of anilines is 1. The van der Waals surface area contributed by atoms with Crippen LogP contribution in [0.1, 0.15) is 31.0 Å². The summed E-state index contributed by atoms with van der Waals surface area (Å²) in [6.07, 6.45) is 1.69. The average molecular weight is 282 g/mol. The van der Waals surface area contributed by atoms with Gasteiger partial charge in [-0.15, -0.1) is 0 Å². The van der Waals surface area contributed by atoms with Crippen LogP contribution in [0.3, 0.4) is 0 Å². The van der Waals surface area contributed by atoms with Crippen molar-refractivity contribution >= 4 is 16.8 Å². The van der Waals surface area contributed by atoms with Crippen LogP contribution in [0.25, 0.3) is 22.4 Å². The normalized spacial score (nSPS) is 11.3. The van der Waals surface area contributed by atoms with E-state index >= 15 is 0 Å². The first-order valence-corrected chi connectivity index (χ1v) is 6.93. The molecule has 0 saturated carbocycles. The van der Waals surface area contributed by atoms with E-state index in [0.29, 0.717) is 17.6 Å². The van der Waals surface area contributed by atoms with Gasteiger partial charge in [-0.25, -0.2) is 15.8 Å². The molecule has 3 aromatic rings. The van der Waals surface area contributed by atoms with E-state index in [1.807, 2.05) is 31.2 Å². The van der Waals surface area contributed by atoms with Crippen LogP contribution in [-0.2, 0) is 0 Å². The Balaban J connectivity index is 2.22. The first kappa shape index (κ1) is 13.6. The second-order valence-electron chi connectivity index (χ2n) is 5.34. The molecule has 0 radical (unpaired) electrons. The van der Waals surface area contributed by atoms with E-state index < -0.39 is 0 Å². The van der Waals surface area contributed by atoms with E-state index in [0.717, 1.165) is 27.8 Å². The van der Waals surface area contributed by atoms with Crippen LogP contribution in [0.2, 0.25) is 0 Å². The Morgan fingerprint density at radius 3 is 2.67 bits per heavy atom. The van der Waals surface area contributed by atoms with Gasteiger partial charge in [0.15, 0.2) is 5.82 Å². The minimum absolute atomic E-state index is 0.297. The van der Waals surface area contributed by atoms with Crippen molar-refractivity contribution in [2.75, 3.05) is 5.43 Å². The number of furan rings is 1. The minimum atomic E-state index is 0.297. The second-order valence-corrected chi connectivity index (χ2v) is 5.34. The fraction of sp³-hybridized carbons (Fsp3) is 0.250. The van der Waals surface area contributed by atoms with Gasteiger partial charge in [-0.1, -0.05) is 32.0 Å².